The van der Waals surface area contributed by atoms with Crippen molar-refractivity contribution in [1.82, 2.24) is 21.3 Å². The monoisotopic (exact) mass is 637 g/mol. The van der Waals surface area contributed by atoms with Crippen LogP contribution in [-0.4, -0.2) is 71.2 Å². The fourth-order valence-corrected chi connectivity index (χ4v) is 4.35. The molecule has 0 saturated carbocycles. The Morgan fingerprint density at radius 3 is 2.04 bits per heavy atom. The summed E-state index contributed by atoms with van der Waals surface area (Å²) in [5.41, 5.74) is 18.2. The first kappa shape index (κ1) is 36.7. The van der Waals surface area contributed by atoms with Gasteiger partial charge in [0.2, 0.25) is 23.6 Å². The van der Waals surface area contributed by atoms with Crippen LogP contribution in [0.1, 0.15) is 49.8 Å². The van der Waals surface area contributed by atoms with E-state index in [2.05, 4.69) is 26.3 Å². The van der Waals surface area contributed by atoms with Gasteiger partial charge in [0.05, 0.1) is 12.8 Å². The van der Waals surface area contributed by atoms with E-state index in [0.717, 1.165) is 5.56 Å². The highest BCUT2D eigenvalue weighted by Gasteiger charge is 2.32. The minimum absolute atomic E-state index is 0.0736. The molecular weight excluding hydrogens is 594 g/mol. The maximum Gasteiger partial charge on any atom is 0.305 e. The molecule has 0 heterocycles. The molecule has 12 N–H and O–H groups in total. The fraction of sp³-hybridized carbons (Fsp3) is 0.387. The quantitative estimate of drug-likeness (QED) is 0.0576. The van der Waals surface area contributed by atoms with E-state index in [0.29, 0.717) is 17.5 Å². The van der Waals surface area contributed by atoms with E-state index in [4.69, 9.17) is 22.6 Å². The van der Waals surface area contributed by atoms with Gasteiger partial charge in [-0.2, -0.15) is 0 Å². The Bertz CT molecular complexity index is 1390. The van der Waals surface area contributed by atoms with E-state index in [9.17, 15) is 29.1 Å². The average molecular weight is 638 g/mol. The minimum Gasteiger partial charge on any atom is -0.481 e. The summed E-state index contributed by atoms with van der Waals surface area (Å²) in [5, 5.41) is 27.3. The minimum atomic E-state index is -1.45. The van der Waals surface area contributed by atoms with Crippen LogP contribution in [0.4, 0.5) is 0 Å². The lowest BCUT2D eigenvalue weighted by Gasteiger charge is -2.27. The van der Waals surface area contributed by atoms with Crippen molar-refractivity contribution < 1.29 is 29.1 Å². The summed E-state index contributed by atoms with van der Waals surface area (Å²) in [7, 11) is 0. The number of nitrogens with two attached hydrogens (primary N) is 3. The van der Waals surface area contributed by atoms with E-state index in [1.54, 1.807) is 68.4 Å². The third kappa shape index (κ3) is 13.0. The van der Waals surface area contributed by atoms with Crippen LogP contribution in [0.5, 0.6) is 0 Å². The van der Waals surface area contributed by atoms with E-state index in [1.165, 1.54) is 0 Å². The molecule has 2 aromatic rings. The lowest BCUT2D eigenvalue weighted by molar-refractivity contribution is -0.141. The molecule has 46 heavy (non-hydrogen) atoms. The largest absolute Gasteiger partial charge is 0.481 e. The molecule has 2 aromatic carbocycles. The molecule has 0 aliphatic rings. The second kappa shape index (κ2) is 18.4. The van der Waals surface area contributed by atoms with Crippen LogP contribution >= 0.6 is 0 Å². The van der Waals surface area contributed by atoms with Gasteiger partial charge in [-0.15, -0.1) is 0 Å². The zero-order valence-electron chi connectivity index (χ0n) is 25.9. The summed E-state index contributed by atoms with van der Waals surface area (Å²) in [4.78, 5) is 67.9. The van der Waals surface area contributed by atoms with Crippen molar-refractivity contribution in [2.75, 3.05) is 6.54 Å². The highest BCUT2D eigenvalue weighted by molar-refractivity contribution is 5.96. The lowest BCUT2D eigenvalue weighted by Crippen LogP contribution is -2.58. The third-order valence-electron chi connectivity index (χ3n) is 6.79. The second-order valence-electron chi connectivity index (χ2n) is 10.9. The second-order valence-corrected chi connectivity index (χ2v) is 10.9. The molecule has 15 nitrogen and oxygen atoms in total. The highest BCUT2D eigenvalue weighted by atomic mass is 16.4. The van der Waals surface area contributed by atoms with Gasteiger partial charge >= 0.3 is 5.97 Å². The smallest absolute Gasteiger partial charge is 0.305 e. The number of aliphatic imine (C=N–C) groups is 1. The predicted molar refractivity (Wildman–Crippen MR) is 172 cm³/mol. The Morgan fingerprint density at radius 2 is 1.48 bits per heavy atom. The molecule has 2 rings (SSSR count). The van der Waals surface area contributed by atoms with Gasteiger partial charge in [-0.05, 0) is 29.9 Å². The number of amidine groups is 1. The van der Waals surface area contributed by atoms with Gasteiger partial charge in [0.25, 0.3) is 0 Å². The van der Waals surface area contributed by atoms with Crippen molar-refractivity contribution in [3.8, 4) is 0 Å². The molecule has 15 heteroatoms. The van der Waals surface area contributed by atoms with Gasteiger partial charge in [0, 0.05) is 18.7 Å². The van der Waals surface area contributed by atoms with Crippen molar-refractivity contribution in [1.29, 1.82) is 5.41 Å². The van der Waals surface area contributed by atoms with E-state index in [-0.39, 0.29) is 37.7 Å². The third-order valence-corrected chi connectivity index (χ3v) is 6.79. The number of carbonyl (C=O) groups is 5. The van der Waals surface area contributed by atoms with E-state index < -0.39 is 60.1 Å². The standard InChI is InChI=1S/C31H43N9O6/c1-18(2)26(40-29(45)23(16-25(42)43)38-24(41)15-19-7-4-3-5-8-19)30(46)39-22(9-6-14-36-31(34)35)28(44)37-17-20-10-12-21(13-11-20)27(32)33/h3-5,7-8,10-13,18,22-23,26H,6,9,14-17H2,1-2H3,(H3,32,33)(H,37,44)(H,38,41)(H,39,46)(H,40,45)(H,42,43)(H4,34,35,36)/t22-,23+,26-/m0/s1. The topological polar surface area (TPSA) is 268 Å². The number of amides is 4. The van der Waals surface area contributed by atoms with Gasteiger partial charge in [0.15, 0.2) is 5.96 Å². The van der Waals surface area contributed by atoms with Crippen LogP contribution in [0.2, 0.25) is 0 Å². The molecule has 0 fully saturated rings. The first-order valence-electron chi connectivity index (χ1n) is 14.7. The Balaban J connectivity index is 2.14. The number of carbonyl (C=O) groups excluding carboxylic acids is 4. The first-order valence-corrected chi connectivity index (χ1v) is 14.7. The number of carboxylic acids is 1. The Labute approximate surface area is 267 Å². The van der Waals surface area contributed by atoms with E-state index in [1.807, 2.05) is 0 Å². The highest BCUT2D eigenvalue weighted by Crippen LogP contribution is 2.09. The van der Waals surface area contributed by atoms with E-state index >= 15 is 0 Å². The number of benzene rings is 2. The summed E-state index contributed by atoms with van der Waals surface area (Å²) in [6.45, 7) is 3.67. The molecule has 0 aromatic heterocycles. The molecule has 4 amide bonds. The van der Waals surface area contributed by atoms with Crippen molar-refractivity contribution in [2.24, 2.45) is 28.1 Å². The van der Waals surface area contributed by atoms with Gasteiger partial charge in [-0.25, -0.2) is 0 Å². The molecule has 248 valence electrons. The van der Waals surface area contributed by atoms with Crippen LogP contribution in [0.25, 0.3) is 0 Å². The van der Waals surface area contributed by atoms with Gasteiger partial charge in [0.1, 0.15) is 24.0 Å². The maximum absolute atomic E-state index is 13.5. The molecule has 0 aliphatic carbocycles. The number of guanidine groups is 1. The average Bonchev–Trinajstić information content (AvgIpc) is 2.99. The summed E-state index contributed by atoms with van der Waals surface area (Å²) in [6, 6.07) is 11.8. The number of nitrogen functional groups attached to an aromatic ring is 1. The number of nitrogens with zero attached hydrogens (tertiary/aromatic N) is 1. The number of hydrogen-bond donors (Lipinski definition) is 9. The van der Waals surface area contributed by atoms with Gasteiger partial charge in [-0.3, -0.25) is 34.4 Å². The van der Waals surface area contributed by atoms with Crippen LogP contribution in [0.15, 0.2) is 59.6 Å². The van der Waals surface area contributed by atoms with Crippen LogP contribution in [0.3, 0.4) is 0 Å². The molecule has 0 spiro atoms. The van der Waals surface area contributed by atoms with Crippen molar-refractivity contribution in [3.05, 3.63) is 71.3 Å². The number of carboxylic acid groups (broad SMARTS) is 1. The molecule has 0 saturated heterocycles. The first-order chi connectivity index (χ1) is 21.8. The maximum atomic E-state index is 13.5. The van der Waals surface area contributed by atoms with Crippen LogP contribution in [-0.2, 0) is 36.9 Å². The summed E-state index contributed by atoms with van der Waals surface area (Å²) >= 11 is 0. The van der Waals surface area contributed by atoms with Crippen molar-refractivity contribution >= 4 is 41.4 Å². The summed E-state index contributed by atoms with van der Waals surface area (Å²) in [5.74, 6) is -4.60. The number of rotatable bonds is 18. The van der Waals surface area contributed by atoms with Crippen molar-refractivity contribution in [3.63, 3.8) is 0 Å². The van der Waals surface area contributed by atoms with Crippen molar-refractivity contribution in [2.45, 2.75) is 64.2 Å². The molecular formula is C31H43N9O6. The van der Waals surface area contributed by atoms with Gasteiger partial charge < -0.3 is 43.6 Å². The number of nitrogens with one attached hydrogen (secondary N) is 5. The fourth-order valence-electron chi connectivity index (χ4n) is 4.35. The molecule has 0 bridgehead atoms. The molecule has 0 radical (unpaired) electrons. The van der Waals surface area contributed by atoms with Crippen LogP contribution < -0.4 is 38.5 Å². The Morgan fingerprint density at radius 1 is 0.826 bits per heavy atom. The lowest BCUT2D eigenvalue weighted by atomic mass is 10.0. The Hall–Kier alpha value is -5.47. The molecule has 0 unspecified atom stereocenters. The normalized spacial score (nSPS) is 12.6. The SMILES string of the molecule is CC(C)[C@H](NC(=O)[C@@H](CC(=O)O)NC(=O)Cc1ccccc1)C(=O)N[C@@H](CCCN=C(N)N)C(=O)NCc1ccc(C(=N)N)cc1. The number of aliphatic carboxylic acids is 1. The summed E-state index contributed by atoms with van der Waals surface area (Å²) in [6.07, 6.45) is -0.276. The molecule has 3 atom stereocenters. The molecule has 0 aliphatic heterocycles. The summed E-state index contributed by atoms with van der Waals surface area (Å²) < 4.78 is 0. The Kier molecular flexibility index (Phi) is 14.7. The zero-order valence-corrected chi connectivity index (χ0v) is 25.9. The predicted octanol–water partition coefficient (Wildman–Crippen LogP) is -0.532. The van der Waals surface area contributed by atoms with Crippen LogP contribution in [0, 0.1) is 11.3 Å². The zero-order chi connectivity index (χ0) is 34.2. The number of hydrogen-bond acceptors (Lipinski definition) is 7. The van der Waals surface area contributed by atoms with Gasteiger partial charge in [-0.1, -0.05) is 68.4 Å².